The predicted octanol–water partition coefficient (Wildman–Crippen LogP) is 4.64. The van der Waals surface area contributed by atoms with Crippen molar-refractivity contribution >= 4 is 16.6 Å². The highest BCUT2D eigenvalue weighted by Gasteiger charge is 2.22. The summed E-state index contributed by atoms with van der Waals surface area (Å²) in [6.07, 6.45) is 0. The number of hydrogen-bond donors (Lipinski definition) is 0. The molecule has 0 heterocycles. The number of benzene rings is 2. The van der Waals surface area contributed by atoms with Gasteiger partial charge >= 0.3 is 16.6 Å². The zero-order valence-corrected chi connectivity index (χ0v) is 16.6. The van der Waals surface area contributed by atoms with Gasteiger partial charge in [0, 0.05) is 0 Å². The maximum atomic E-state index is 6.01. The summed E-state index contributed by atoms with van der Waals surface area (Å²) in [5.74, 6) is 7.66. The van der Waals surface area contributed by atoms with Crippen molar-refractivity contribution in [2.45, 2.75) is 26.2 Å². The first-order valence-corrected chi connectivity index (χ1v) is 13.7. The molecule has 0 bridgehead atoms. The topological polar surface area (TPSA) is 18.5 Å². The zero-order valence-electron chi connectivity index (χ0n) is 14.6. The maximum Gasteiger partial charge on any atom is 0.325 e. The van der Waals surface area contributed by atoms with Gasteiger partial charge in [-0.25, -0.2) is 0 Å². The van der Waals surface area contributed by atoms with Crippen molar-refractivity contribution in [3.63, 3.8) is 0 Å². The van der Waals surface area contributed by atoms with Gasteiger partial charge in [-0.15, -0.1) is 0 Å². The van der Waals surface area contributed by atoms with Crippen LogP contribution in [-0.2, 0) is 0 Å². The molecule has 0 aromatic heterocycles. The molecule has 24 heavy (non-hydrogen) atoms. The molecule has 4 heteroatoms. The molecule has 2 rings (SSSR count). The summed E-state index contributed by atoms with van der Waals surface area (Å²) >= 11 is 0. The lowest BCUT2D eigenvalue weighted by atomic mass is 10.3. The van der Waals surface area contributed by atoms with Crippen molar-refractivity contribution in [3.8, 4) is 34.4 Å². The standard InChI is InChI=1S/C20H22O2Si2/c1-23(2,21-19-13-7-5-8-14-19)17-11-12-18-24(3,4)22-20-15-9-6-10-16-20/h5-10,13-16H,1-4H3. The first-order chi connectivity index (χ1) is 11.4. The maximum absolute atomic E-state index is 6.01. The van der Waals surface area contributed by atoms with E-state index in [9.17, 15) is 0 Å². The Morgan fingerprint density at radius 3 is 1.25 bits per heavy atom. The smallest absolute Gasteiger partial charge is 0.325 e. The van der Waals surface area contributed by atoms with Crippen LogP contribution in [0.4, 0.5) is 0 Å². The molecule has 0 radical (unpaired) electrons. The van der Waals surface area contributed by atoms with Crippen LogP contribution < -0.4 is 8.85 Å². The minimum Gasteiger partial charge on any atom is -0.532 e. The van der Waals surface area contributed by atoms with E-state index < -0.39 is 16.6 Å². The van der Waals surface area contributed by atoms with Crippen LogP contribution in [0.5, 0.6) is 11.5 Å². The highest BCUT2D eigenvalue weighted by Crippen LogP contribution is 2.15. The van der Waals surface area contributed by atoms with Crippen LogP contribution in [0.25, 0.3) is 0 Å². The van der Waals surface area contributed by atoms with Gasteiger partial charge in [-0.05, 0) is 62.3 Å². The molecule has 0 aliphatic rings. The third kappa shape index (κ3) is 6.38. The highest BCUT2D eigenvalue weighted by molar-refractivity contribution is 6.80. The van der Waals surface area contributed by atoms with Crippen LogP contribution in [0, 0.1) is 22.9 Å². The number of para-hydroxylation sites is 2. The van der Waals surface area contributed by atoms with Crippen molar-refractivity contribution in [2.75, 3.05) is 0 Å². The molecule has 0 amide bonds. The lowest BCUT2D eigenvalue weighted by molar-refractivity contribution is 0.565. The Labute approximate surface area is 147 Å². The first kappa shape index (κ1) is 17.9. The number of hydrogen-bond acceptors (Lipinski definition) is 2. The van der Waals surface area contributed by atoms with Gasteiger partial charge in [-0.1, -0.05) is 47.5 Å². The Morgan fingerprint density at radius 2 is 0.917 bits per heavy atom. The summed E-state index contributed by atoms with van der Waals surface area (Å²) < 4.78 is 12.0. The normalized spacial score (nSPS) is 10.7. The Balaban J connectivity index is 2.00. The summed E-state index contributed by atoms with van der Waals surface area (Å²) in [6, 6.07) is 19.6. The Bertz CT molecular complexity index is 707. The molecule has 2 nitrogen and oxygen atoms in total. The van der Waals surface area contributed by atoms with Crippen LogP contribution in [-0.4, -0.2) is 16.6 Å². The van der Waals surface area contributed by atoms with Gasteiger partial charge in [-0.2, -0.15) is 0 Å². The average Bonchev–Trinajstić information content (AvgIpc) is 2.53. The molecule has 0 N–H and O–H groups in total. The average molecular weight is 351 g/mol. The Morgan fingerprint density at radius 1 is 0.583 bits per heavy atom. The van der Waals surface area contributed by atoms with Gasteiger partial charge < -0.3 is 8.85 Å². The fraction of sp³-hybridized carbons (Fsp3) is 0.200. The fourth-order valence-electron chi connectivity index (χ4n) is 1.98. The molecule has 2 aromatic carbocycles. The molecule has 122 valence electrons. The van der Waals surface area contributed by atoms with Gasteiger partial charge in [0.25, 0.3) is 0 Å². The Kier molecular flexibility index (Phi) is 5.92. The summed E-state index contributed by atoms with van der Waals surface area (Å²) in [5.41, 5.74) is 6.41. The van der Waals surface area contributed by atoms with Gasteiger partial charge in [0.05, 0.1) is 0 Å². The Hall–Kier alpha value is -2.41. The van der Waals surface area contributed by atoms with Crippen LogP contribution in [0.3, 0.4) is 0 Å². The van der Waals surface area contributed by atoms with Gasteiger partial charge in [0.1, 0.15) is 11.5 Å². The van der Waals surface area contributed by atoms with E-state index in [1.54, 1.807) is 0 Å². The highest BCUT2D eigenvalue weighted by atomic mass is 28.4. The number of rotatable bonds is 4. The fourth-order valence-corrected chi connectivity index (χ4v) is 4.26. The molecular weight excluding hydrogens is 328 g/mol. The summed E-state index contributed by atoms with van der Waals surface area (Å²) in [7, 11) is -4.21. The summed E-state index contributed by atoms with van der Waals surface area (Å²) in [4.78, 5) is 0. The van der Waals surface area contributed by atoms with E-state index in [1.165, 1.54) is 0 Å². The van der Waals surface area contributed by atoms with Crippen molar-refractivity contribution in [2.24, 2.45) is 0 Å². The predicted molar refractivity (Wildman–Crippen MR) is 105 cm³/mol. The lowest BCUT2D eigenvalue weighted by Crippen LogP contribution is -2.33. The van der Waals surface area contributed by atoms with Crippen molar-refractivity contribution < 1.29 is 8.85 Å². The zero-order chi connectivity index (χ0) is 17.5. The van der Waals surface area contributed by atoms with E-state index in [4.69, 9.17) is 8.85 Å². The minimum absolute atomic E-state index is 0.860. The molecular formula is C20H22O2Si2. The van der Waals surface area contributed by atoms with Crippen LogP contribution in [0.15, 0.2) is 60.7 Å². The molecule has 0 fully saturated rings. The minimum atomic E-state index is -2.10. The summed E-state index contributed by atoms with van der Waals surface area (Å²) in [5, 5.41) is 0. The molecule has 0 unspecified atom stereocenters. The monoisotopic (exact) mass is 350 g/mol. The van der Waals surface area contributed by atoms with E-state index >= 15 is 0 Å². The molecule has 0 saturated carbocycles. The second kappa shape index (κ2) is 7.92. The molecule has 0 aliphatic heterocycles. The van der Waals surface area contributed by atoms with E-state index in [2.05, 4.69) is 49.1 Å². The van der Waals surface area contributed by atoms with Crippen molar-refractivity contribution in [3.05, 3.63) is 60.7 Å². The summed E-state index contributed by atoms with van der Waals surface area (Å²) in [6.45, 7) is 8.27. The van der Waals surface area contributed by atoms with Crippen LogP contribution in [0.2, 0.25) is 26.2 Å². The second-order valence-electron chi connectivity index (χ2n) is 6.35. The van der Waals surface area contributed by atoms with Crippen LogP contribution in [0.1, 0.15) is 0 Å². The molecule has 0 aliphatic carbocycles. The first-order valence-electron chi connectivity index (χ1n) is 7.89. The van der Waals surface area contributed by atoms with Gasteiger partial charge in [0.15, 0.2) is 0 Å². The lowest BCUT2D eigenvalue weighted by Gasteiger charge is -2.18. The molecule has 0 saturated heterocycles. The van der Waals surface area contributed by atoms with E-state index in [0.717, 1.165) is 11.5 Å². The van der Waals surface area contributed by atoms with Crippen molar-refractivity contribution in [1.82, 2.24) is 0 Å². The van der Waals surface area contributed by atoms with E-state index in [1.807, 2.05) is 60.7 Å². The quantitative estimate of drug-likeness (QED) is 0.591. The third-order valence-corrected chi connectivity index (χ3v) is 5.97. The third-order valence-electron chi connectivity index (χ3n) is 3.02. The van der Waals surface area contributed by atoms with E-state index in [-0.39, 0.29) is 0 Å². The van der Waals surface area contributed by atoms with Crippen molar-refractivity contribution in [1.29, 1.82) is 0 Å². The molecule has 0 spiro atoms. The van der Waals surface area contributed by atoms with Gasteiger partial charge in [0.2, 0.25) is 0 Å². The van der Waals surface area contributed by atoms with E-state index in [0.29, 0.717) is 0 Å². The van der Waals surface area contributed by atoms with Gasteiger partial charge in [-0.3, -0.25) is 0 Å². The second-order valence-corrected chi connectivity index (χ2v) is 13.3. The van der Waals surface area contributed by atoms with Crippen LogP contribution >= 0.6 is 0 Å². The SMILES string of the molecule is C[Si](C)(C#CC#C[Si](C)(C)Oc1ccccc1)Oc1ccccc1. The largest absolute Gasteiger partial charge is 0.532 e. The molecule has 2 aromatic rings. The molecule has 0 atom stereocenters.